The van der Waals surface area contributed by atoms with Crippen LogP contribution in [0, 0.1) is 13.8 Å². The van der Waals surface area contributed by atoms with E-state index in [9.17, 15) is 9.59 Å². The number of fused-ring (bicyclic) bond motifs is 1. The van der Waals surface area contributed by atoms with E-state index in [-0.39, 0.29) is 11.5 Å². The average Bonchev–Trinajstić information content (AvgIpc) is 3.23. The summed E-state index contributed by atoms with van der Waals surface area (Å²) in [4.78, 5) is 28.4. The summed E-state index contributed by atoms with van der Waals surface area (Å²) < 4.78 is 9.04. The second-order valence-corrected chi connectivity index (χ2v) is 8.92. The predicted molar refractivity (Wildman–Crippen MR) is 131 cm³/mol. The summed E-state index contributed by atoms with van der Waals surface area (Å²) in [5.41, 5.74) is 4.85. The van der Waals surface area contributed by atoms with Gasteiger partial charge >= 0.3 is 0 Å². The van der Waals surface area contributed by atoms with Crippen LogP contribution < -0.4 is 15.6 Å². The molecule has 0 spiro atoms. The lowest BCUT2D eigenvalue weighted by molar-refractivity contribution is 0.0947. The van der Waals surface area contributed by atoms with Crippen LogP contribution in [-0.2, 0) is 26.1 Å². The van der Waals surface area contributed by atoms with Gasteiger partial charge in [0.15, 0.2) is 0 Å². The van der Waals surface area contributed by atoms with Crippen molar-refractivity contribution in [3.05, 3.63) is 81.0 Å². The predicted octanol–water partition coefficient (Wildman–Crippen LogP) is 2.55. The number of aromatic nitrogens is 3. The number of benzene rings is 1. The van der Waals surface area contributed by atoms with Gasteiger partial charge in [0, 0.05) is 69.8 Å². The zero-order valence-corrected chi connectivity index (χ0v) is 20.2. The molecular weight excluding hydrogens is 430 g/mol. The highest BCUT2D eigenvalue weighted by molar-refractivity contribution is 5.98. The molecule has 0 atom stereocenters. The lowest BCUT2D eigenvalue weighted by Gasteiger charge is -2.20. The van der Waals surface area contributed by atoms with Crippen LogP contribution in [0.4, 0.5) is 0 Å². The molecule has 0 unspecified atom stereocenters. The van der Waals surface area contributed by atoms with Crippen molar-refractivity contribution in [3.8, 4) is 5.75 Å². The number of ether oxygens (including phenoxy) is 1. The summed E-state index contributed by atoms with van der Waals surface area (Å²) in [5.74, 6) is 0.132. The van der Waals surface area contributed by atoms with Gasteiger partial charge in [-0.15, -0.1) is 0 Å². The molecule has 3 heterocycles. The second kappa shape index (κ2) is 10.7. The van der Waals surface area contributed by atoms with Crippen LogP contribution in [0.25, 0.3) is 0 Å². The van der Waals surface area contributed by atoms with Gasteiger partial charge < -0.3 is 14.6 Å². The maximum Gasteiger partial charge on any atom is 0.256 e. The van der Waals surface area contributed by atoms with Gasteiger partial charge in [0.25, 0.3) is 11.5 Å². The largest absolute Gasteiger partial charge is 0.496 e. The van der Waals surface area contributed by atoms with E-state index in [0.717, 1.165) is 38.3 Å². The van der Waals surface area contributed by atoms with E-state index in [1.54, 1.807) is 10.8 Å². The Morgan fingerprint density at radius 3 is 2.62 bits per heavy atom. The molecule has 2 aromatic heterocycles. The van der Waals surface area contributed by atoms with Crippen LogP contribution in [0.2, 0.25) is 0 Å². The molecule has 8 heteroatoms. The van der Waals surface area contributed by atoms with E-state index in [1.807, 2.05) is 16.9 Å². The van der Waals surface area contributed by atoms with Crippen molar-refractivity contribution in [1.29, 1.82) is 0 Å². The van der Waals surface area contributed by atoms with Crippen LogP contribution in [0.1, 0.15) is 39.2 Å². The summed E-state index contributed by atoms with van der Waals surface area (Å²) in [6.07, 6.45) is 5.00. The van der Waals surface area contributed by atoms with Gasteiger partial charge in [0.05, 0.1) is 7.11 Å². The number of methoxy groups -OCH3 is 1. The second-order valence-electron chi connectivity index (χ2n) is 8.92. The maximum absolute atomic E-state index is 13.2. The molecule has 1 N–H and O–H groups in total. The minimum absolute atomic E-state index is 0.129. The summed E-state index contributed by atoms with van der Waals surface area (Å²) in [5, 5.41) is 7.18. The maximum atomic E-state index is 13.2. The smallest absolute Gasteiger partial charge is 0.256 e. The zero-order chi connectivity index (χ0) is 24.1. The molecule has 0 saturated heterocycles. The first kappa shape index (κ1) is 23.8. The van der Waals surface area contributed by atoms with Gasteiger partial charge in [-0.2, -0.15) is 5.10 Å². The van der Waals surface area contributed by atoms with Crippen molar-refractivity contribution < 1.29 is 9.53 Å². The zero-order valence-electron chi connectivity index (χ0n) is 20.2. The average molecular weight is 464 g/mol. The molecule has 0 fully saturated rings. The SMILES string of the molecule is COc1cc(=O)n2c(c1C(=O)NCCCn1cccn1)CCN(Cc1cc(C)cc(C)c1)CC2. The number of amides is 1. The Labute approximate surface area is 200 Å². The number of nitrogens with one attached hydrogen (secondary N) is 1. The molecule has 4 rings (SSSR count). The number of aryl methyl sites for hydroxylation is 3. The number of carbonyl (C=O) groups is 1. The fourth-order valence-corrected chi connectivity index (χ4v) is 4.74. The van der Waals surface area contributed by atoms with Crippen molar-refractivity contribution in [3.63, 3.8) is 0 Å². The first-order valence-corrected chi connectivity index (χ1v) is 11.8. The highest BCUT2D eigenvalue weighted by Gasteiger charge is 2.25. The fraction of sp³-hybridized carbons (Fsp3) is 0.423. The van der Waals surface area contributed by atoms with Gasteiger partial charge in [-0.25, -0.2) is 0 Å². The highest BCUT2D eigenvalue weighted by Crippen LogP contribution is 2.23. The molecule has 180 valence electrons. The van der Waals surface area contributed by atoms with Crippen molar-refractivity contribution in [2.24, 2.45) is 0 Å². The highest BCUT2D eigenvalue weighted by atomic mass is 16.5. The van der Waals surface area contributed by atoms with E-state index in [1.165, 1.54) is 29.9 Å². The summed E-state index contributed by atoms with van der Waals surface area (Å²) in [6.45, 7) is 8.33. The quantitative estimate of drug-likeness (QED) is 0.520. The van der Waals surface area contributed by atoms with Crippen LogP contribution in [0.5, 0.6) is 5.75 Å². The van der Waals surface area contributed by atoms with E-state index >= 15 is 0 Å². The Balaban J connectivity index is 1.49. The summed E-state index contributed by atoms with van der Waals surface area (Å²) >= 11 is 0. The van der Waals surface area contributed by atoms with Crippen LogP contribution >= 0.6 is 0 Å². The Hall–Kier alpha value is -3.39. The molecule has 0 radical (unpaired) electrons. The van der Waals surface area contributed by atoms with Gasteiger partial charge in [0.2, 0.25) is 0 Å². The summed E-state index contributed by atoms with van der Waals surface area (Å²) in [7, 11) is 1.50. The Morgan fingerprint density at radius 1 is 1.12 bits per heavy atom. The third-order valence-electron chi connectivity index (χ3n) is 6.23. The molecule has 0 bridgehead atoms. The normalized spacial score (nSPS) is 13.9. The number of carbonyl (C=O) groups excluding carboxylic acids is 1. The van der Waals surface area contributed by atoms with Crippen molar-refractivity contribution >= 4 is 5.91 Å². The topological polar surface area (TPSA) is 81.4 Å². The molecule has 34 heavy (non-hydrogen) atoms. The first-order valence-electron chi connectivity index (χ1n) is 11.8. The first-order chi connectivity index (χ1) is 16.4. The minimum Gasteiger partial charge on any atom is -0.496 e. The monoisotopic (exact) mass is 463 g/mol. The molecule has 3 aromatic rings. The molecule has 1 aromatic carbocycles. The number of pyridine rings is 1. The summed E-state index contributed by atoms with van der Waals surface area (Å²) in [6, 6.07) is 9.91. The Bertz CT molecular complexity index is 1180. The molecule has 0 aliphatic carbocycles. The standard InChI is InChI=1S/C26H33N5O3/c1-19-14-20(2)16-21(15-19)18-29-11-6-22-25(23(34-3)17-24(32)31(22)13-12-29)26(33)27-7-4-9-30-10-5-8-28-30/h5,8,10,14-17H,4,6-7,9,11-13,18H2,1-3H3,(H,27,33). The lowest BCUT2D eigenvalue weighted by Crippen LogP contribution is -2.32. The van der Waals surface area contributed by atoms with E-state index < -0.39 is 0 Å². The molecule has 1 aliphatic heterocycles. The van der Waals surface area contributed by atoms with E-state index in [2.05, 4.69) is 47.4 Å². The van der Waals surface area contributed by atoms with Crippen molar-refractivity contribution in [2.45, 2.75) is 46.3 Å². The van der Waals surface area contributed by atoms with Gasteiger partial charge in [0.1, 0.15) is 11.3 Å². The third-order valence-corrected chi connectivity index (χ3v) is 6.23. The van der Waals surface area contributed by atoms with Crippen LogP contribution in [-0.4, -0.2) is 51.9 Å². The van der Waals surface area contributed by atoms with Crippen LogP contribution in [0.3, 0.4) is 0 Å². The third kappa shape index (κ3) is 5.56. The molecule has 0 saturated carbocycles. The number of hydrogen-bond acceptors (Lipinski definition) is 5. The molecule has 8 nitrogen and oxygen atoms in total. The number of hydrogen-bond donors (Lipinski definition) is 1. The molecule has 1 amide bonds. The van der Waals surface area contributed by atoms with Gasteiger partial charge in [-0.05, 0) is 31.9 Å². The lowest BCUT2D eigenvalue weighted by atomic mass is 10.1. The Morgan fingerprint density at radius 2 is 1.91 bits per heavy atom. The van der Waals surface area contributed by atoms with Crippen molar-refractivity contribution in [1.82, 2.24) is 24.6 Å². The van der Waals surface area contributed by atoms with Crippen molar-refractivity contribution in [2.75, 3.05) is 26.7 Å². The van der Waals surface area contributed by atoms with Crippen LogP contribution in [0.15, 0.2) is 47.5 Å². The van der Waals surface area contributed by atoms with E-state index in [0.29, 0.717) is 30.8 Å². The number of nitrogens with zero attached hydrogens (tertiary/aromatic N) is 4. The van der Waals surface area contributed by atoms with Gasteiger partial charge in [-0.1, -0.05) is 29.3 Å². The molecular formula is C26H33N5O3. The minimum atomic E-state index is -0.205. The fourth-order valence-electron chi connectivity index (χ4n) is 4.74. The van der Waals surface area contributed by atoms with Gasteiger partial charge in [-0.3, -0.25) is 19.2 Å². The molecule has 1 aliphatic rings. The Kier molecular flexibility index (Phi) is 7.47. The number of rotatable bonds is 8. The van der Waals surface area contributed by atoms with E-state index in [4.69, 9.17) is 4.74 Å².